The molecule has 0 radical (unpaired) electrons. The molecule has 2 amide bonds. The molecule has 1 aliphatic heterocycles. The molecule has 1 aromatic carbocycles. The maximum atomic E-state index is 12.8. The molecule has 2 rings (SSSR count). The molecule has 5 nitrogen and oxygen atoms in total. The molecule has 0 unspecified atom stereocenters. The molecule has 1 aliphatic rings. The number of nitrogens with two attached hydrogens (primary N) is 1. The number of hydrogen-bond donors (Lipinski definition) is 2. The molecular formula is C21H35N3O2. The van der Waals surface area contributed by atoms with Crippen molar-refractivity contribution in [2.24, 2.45) is 5.73 Å². The molecule has 146 valence electrons. The number of carbonyl (C=O) groups excluding carboxylic acids is 1. The lowest BCUT2D eigenvalue weighted by Crippen LogP contribution is -2.67. The van der Waals surface area contributed by atoms with Gasteiger partial charge in [-0.3, -0.25) is 0 Å². The van der Waals surface area contributed by atoms with Crippen molar-refractivity contribution in [1.82, 2.24) is 10.2 Å². The van der Waals surface area contributed by atoms with E-state index in [1.165, 1.54) is 0 Å². The SMILES string of the molecule is Cc1cccc(C)c1OCCCNC(=O)N1C(C)(C)CC(N)CC1(C)C. The second-order valence-electron chi connectivity index (χ2n) is 8.78. The number of para-hydroxylation sites is 1. The Balaban J connectivity index is 1.85. The molecule has 0 atom stereocenters. The van der Waals surface area contributed by atoms with E-state index < -0.39 is 0 Å². The minimum Gasteiger partial charge on any atom is -0.493 e. The van der Waals surface area contributed by atoms with Crippen molar-refractivity contribution in [1.29, 1.82) is 0 Å². The summed E-state index contributed by atoms with van der Waals surface area (Å²) in [4.78, 5) is 14.8. The van der Waals surface area contributed by atoms with E-state index in [-0.39, 0.29) is 23.2 Å². The second kappa shape index (κ2) is 7.87. The van der Waals surface area contributed by atoms with E-state index in [9.17, 15) is 4.79 Å². The molecule has 0 spiro atoms. The lowest BCUT2D eigenvalue weighted by atomic mass is 9.77. The molecular weight excluding hydrogens is 326 g/mol. The predicted octanol–water partition coefficient (Wildman–Crippen LogP) is 3.76. The van der Waals surface area contributed by atoms with Gasteiger partial charge in [-0.2, -0.15) is 0 Å². The number of nitrogens with one attached hydrogen (secondary N) is 1. The third kappa shape index (κ3) is 4.70. The Kier molecular flexibility index (Phi) is 6.22. The summed E-state index contributed by atoms with van der Waals surface area (Å²) in [5.74, 6) is 0.950. The summed E-state index contributed by atoms with van der Waals surface area (Å²) in [5, 5.41) is 3.06. The Labute approximate surface area is 158 Å². The van der Waals surface area contributed by atoms with Crippen LogP contribution in [-0.2, 0) is 0 Å². The fraction of sp³-hybridized carbons (Fsp3) is 0.667. The molecule has 5 heteroatoms. The predicted molar refractivity (Wildman–Crippen MR) is 107 cm³/mol. The van der Waals surface area contributed by atoms with E-state index in [2.05, 4.69) is 59.0 Å². The number of urea groups is 1. The first-order chi connectivity index (χ1) is 12.0. The van der Waals surface area contributed by atoms with Gasteiger partial charge in [0.15, 0.2) is 0 Å². The number of amides is 2. The van der Waals surface area contributed by atoms with Gasteiger partial charge in [0.2, 0.25) is 0 Å². The average Bonchev–Trinajstić information content (AvgIpc) is 2.46. The van der Waals surface area contributed by atoms with Gasteiger partial charge < -0.3 is 20.7 Å². The Bertz CT molecular complexity index is 602. The summed E-state index contributed by atoms with van der Waals surface area (Å²) >= 11 is 0. The number of benzene rings is 1. The number of rotatable bonds is 5. The highest BCUT2D eigenvalue weighted by Gasteiger charge is 2.46. The summed E-state index contributed by atoms with van der Waals surface area (Å²) in [6.45, 7) is 13.7. The monoisotopic (exact) mass is 361 g/mol. The molecule has 26 heavy (non-hydrogen) atoms. The summed E-state index contributed by atoms with van der Waals surface area (Å²) in [6, 6.07) is 6.25. The average molecular weight is 362 g/mol. The first-order valence-corrected chi connectivity index (χ1v) is 9.57. The standard InChI is InChI=1S/C21H35N3O2/c1-15-9-7-10-16(2)18(15)26-12-8-11-23-19(25)24-20(3,4)13-17(22)14-21(24,5)6/h7,9-10,17H,8,11-14,22H2,1-6H3,(H,23,25). The molecule has 0 saturated carbocycles. The first-order valence-electron chi connectivity index (χ1n) is 9.57. The second-order valence-corrected chi connectivity index (χ2v) is 8.78. The minimum absolute atomic E-state index is 0.0148. The maximum Gasteiger partial charge on any atom is 0.318 e. The van der Waals surface area contributed by atoms with Gasteiger partial charge in [-0.05, 0) is 71.9 Å². The van der Waals surface area contributed by atoms with Crippen LogP contribution in [0.3, 0.4) is 0 Å². The van der Waals surface area contributed by atoms with Gasteiger partial charge in [-0.1, -0.05) is 18.2 Å². The quantitative estimate of drug-likeness (QED) is 0.785. The van der Waals surface area contributed by atoms with Crippen LogP contribution in [0.25, 0.3) is 0 Å². The highest BCUT2D eigenvalue weighted by molar-refractivity contribution is 5.76. The highest BCUT2D eigenvalue weighted by atomic mass is 16.5. The number of hydrogen-bond acceptors (Lipinski definition) is 3. The van der Waals surface area contributed by atoms with Crippen LogP contribution in [0.4, 0.5) is 4.79 Å². The Morgan fingerprint density at radius 3 is 2.27 bits per heavy atom. The number of ether oxygens (including phenoxy) is 1. The van der Waals surface area contributed by atoms with Crippen molar-refractivity contribution in [3.8, 4) is 5.75 Å². The minimum atomic E-state index is -0.250. The number of likely N-dealkylation sites (tertiary alicyclic amines) is 1. The first kappa shape index (κ1) is 20.6. The number of carbonyl (C=O) groups is 1. The fourth-order valence-corrected chi connectivity index (χ4v) is 4.45. The Morgan fingerprint density at radius 2 is 1.73 bits per heavy atom. The fourth-order valence-electron chi connectivity index (χ4n) is 4.45. The highest BCUT2D eigenvalue weighted by Crippen LogP contribution is 2.37. The molecule has 1 aromatic rings. The van der Waals surface area contributed by atoms with Crippen LogP contribution in [0.15, 0.2) is 18.2 Å². The lowest BCUT2D eigenvalue weighted by Gasteiger charge is -2.54. The molecule has 0 bridgehead atoms. The van der Waals surface area contributed by atoms with Gasteiger partial charge >= 0.3 is 6.03 Å². The van der Waals surface area contributed by atoms with Crippen LogP contribution < -0.4 is 15.8 Å². The molecule has 3 N–H and O–H groups in total. The van der Waals surface area contributed by atoms with Crippen molar-refractivity contribution in [3.05, 3.63) is 29.3 Å². The van der Waals surface area contributed by atoms with Gasteiger partial charge in [0, 0.05) is 23.7 Å². The maximum absolute atomic E-state index is 12.8. The van der Waals surface area contributed by atoms with Crippen molar-refractivity contribution in [2.45, 2.75) is 77.9 Å². The molecule has 0 aromatic heterocycles. The zero-order valence-corrected chi connectivity index (χ0v) is 17.2. The lowest BCUT2D eigenvalue weighted by molar-refractivity contribution is 0.00313. The summed E-state index contributed by atoms with van der Waals surface area (Å²) < 4.78 is 5.91. The molecule has 1 saturated heterocycles. The van der Waals surface area contributed by atoms with Crippen LogP contribution in [0.1, 0.15) is 58.1 Å². The zero-order valence-electron chi connectivity index (χ0n) is 17.2. The van der Waals surface area contributed by atoms with E-state index in [0.717, 1.165) is 36.1 Å². The van der Waals surface area contributed by atoms with Gasteiger partial charge in [-0.25, -0.2) is 4.79 Å². The Morgan fingerprint density at radius 1 is 1.19 bits per heavy atom. The van der Waals surface area contributed by atoms with Gasteiger partial charge in [0.1, 0.15) is 5.75 Å². The summed E-state index contributed by atoms with van der Waals surface area (Å²) in [5.41, 5.74) is 7.97. The van der Waals surface area contributed by atoms with Gasteiger partial charge in [0.25, 0.3) is 0 Å². The van der Waals surface area contributed by atoms with Crippen LogP contribution >= 0.6 is 0 Å². The van der Waals surface area contributed by atoms with E-state index in [1.54, 1.807) is 0 Å². The summed E-state index contributed by atoms with van der Waals surface area (Å²) in [7, 11) is 0. The van der Waals surface area contributed by atoms with Gasteiger partial charge in [0.05, 0.1) is 6.61 Å². The summed E-state index contributed by atoms with van der Waals surface area (Å²) in [6.07, 6.45) is 2.41. The van der Waals surface area contributed by atoms with E-state index in [1.807, 2.05) is 11.0 Å². The molecule has 1 heterocycles. The number of piperidine rings is 1. The van der Waals surface area contributed by atoms with Crippen LogP contribution in [-0.4, -0.2) is 41.2 Å². The van der Waals surface area contributed by atoms with E-state index >= 15 is 0 Å². The molecule has 0 aliphatic carbocycles. The topological polar surface area (TPSA) is 67.6 Å². The smallest absolute Gasteiger partial charge is 0.318 e. The van der Waals surface area contributed by atoms with Crippen LogP contribution in [0.5, 0.6) is 5.75 Å². The van der Waals surface area contributed by atoms with Crippen molar-refractivity contribution < 1.29 is 9.53 Å². The van der Waals surface area contributed by atoms with Crippen molar-refractivity contribution in [3.63, 3.8) is 0 Å². The number of aryl methyl sites for hydroxylation is 2. The van der Waals surface area contributed by atoms with Crippen molar-refractivity contribution in [2.75, 3.05) is 13.2 Å². The third-order valence-corrected chi connectivity index (χ3v) is 5.19. The van der Waals surface area contributed by atoms with E-state index in [4.69, 9.17) is 10.5 Å². The van der Waals surface area contributed by atoms with E-state index in [0.29, 0.717) is 13.2 Å². The Hall–Kier alpha value is -1.75. The third-order valence-electron chi connectivity index (χ3n) is 5.19. The van der Waals surface area contributed by atoms with Gasteiger partial charge in [-0.15, -0.1) is 0 Å². The number of nitrogens with zero attached hydrogens (tertiary/aromatic N) is 1. The van der Waals surface area contributed by atoms with Crippen LogP contribution in [0, 0.1) is 13.8 Å². The van der Waals surface area contributed by atoms with Crippen molar-refractivity contribution >= 4 is 6.03 Å². The molecule has 1 fully saturated rings. The zero-order chi connectivity index (χ0) is 19.5. The van der Waals surface area contributed by atoms with Crippen LogP contribution in [0.2, 0.25) is 0 Å². The normalized spacial score (nSPS) is 19.3. The largest absolute Gasteiger partial charge is 0.493 e.